The quantitative estimate of drug-likeness (QED) is 0.779. The lowest BCUT2D eigenvalue weighted by Gasteiger charge is -2.22. The number of hydrogen-bond acceptors (Lipinski definition) is 3. The second-order valence-corrected chi connectivity index (χ2v) is 7.27. The molecule has 0 spiro atoms. The SMILES string of the molecule is Cc1cc(Br)ccc1Nc1cncc(C(=O)NC2CCCCC2)c1. The molecule has 0 atom stereocenters. The zero-order chi connectivity index (χ0) is 16.9. The van der Waals surface area contributed by atoms with Crippen LogP contribution in [0, 0.1) is 6.92 Å². The summed E-state index contributed by atoms with van der Waals surface area (Å²) in [6.07, 6.45) is 9.20. The molecule has 0 aliphatic heterocycles. The van der Waals surface area contributed by atoms with Gasteiger partial charge < -0.3 is 10.6 Å². The van der Waals surface area contributed by atoms with Gasteiger partial charge >= 0.3 is 0 Å². The van der Waals surface area contributed by atoms with E-state index in [1.807, 2.05) is 25.1 Å². The van der Waals surface area contributed by atoms with Crippen LogP contribution in [0.15, 0.2) is 41.1 Å². The number of benzene rings is 1. The topological polar surface area (TPSA) is 54.0 Å². The van der Waals surface area contributed by atoms with Gasteiger partial charge in [0, 0.05) is 22.4 Å². The molecule has 1 saturated carbocycles. The fourth-order valence-electron chi connectivity index (χ4n) is 3.07. The Hall–Kier alpha value is -1.88. The molecule has 2 N–H and O–H groups in total. The molecule has 1 aliphatic carbocycles. The maximum Gasteiger partial charge on any atom is 0.253 e. The molecule has 0 saturated heterocycles. The number of carbonyl (C=O) groups is 1. The van der Waals surface area contributed by atoms with Crippen molar-refractivity contribution in [2.24, 2.45) is 0 Å². The summed E-state index contributed by atoms with van der Waals surface area (Å²) in [6, 6.07) is 8.20. The van der Waals surface area contributed by atoms with E-state index in [0.29, 0.717) is 11.6 Å². The highest BCUT2D eigenvalue weighted by atomic mass is 79.9. The highest BCUT2D eigenvalue weighted by Gasteiger charge is 2.17. The van der Waals surface area contributed by atoms with Crippen molar-refractivity contribution in [3.63, 3.8) is 0 Å². The Labute approximate surface area is 151 Å². The van der Waals surface area contributed by atoms with Gasteiger partial charge in [-0.05, 0) is 49.6 Å². The molecule has 1 aromatic carbocycles. The first-order chi connectivity index (χ1) is 11.6. The minimum atomic E-state index is -0.0365. The predicted molar refractivity (Wildman–Crippen MR) is 101 cm³/mol. The van der Waals surface area contributed by atoms with Gasteiger partial charge in [-0.2, -0.15) is 0 Å². The second-order valence-electron chi connectivity index (χ2n) is 6.35. The van der Waals surface area contributed by atoms with Gasteiger partial charge in [0.05, 0.1) is 17.4 Å². The number of anilines is 2. The summed E-state index contributed by atoms with van der Waals surface area (Å²) < 4.78 is 1.05. The van der Waals surface area contributed by atoms with E-state index in [1.165, 1.54) is 19.3 Å². The molecule has 5 heteroatoms. The summed E-state index contributed by atoms with van der Waals surface area (Å²) in [5.41, 5.74) is 3.54. The minimum absolute atomic E-state index is 0.0365. The van der Waals surface area contributed by atoms with Crippen molar-refractivity contribution in [1.82, 2.24) is 10.3 Å². The molecule has 126 valence electrons. The van der Waals surface area contributed by atoms with Crippen LogP contribution in [0.25, 0.3) is 0 Å². The van der Waals surface area contributed by atoms with Crippen molar-refractivity contribution in [1.29, 1.82) is 0 Å². The molecule has 1 aromatic heterocycles. The Kier molecular flexibility index (Phi) is 5.51. The normalized spacial score (nSPS) is 15.1. The second kappa shape index (κ2) is 7.79. The highest BCUT2D eigenvalue weighted by Crippen LogP contribution is 2.24. The van der Waals surface area contributed by atoms with Gasteiger partial charge in [0.25, 0.3) is 5.91 Å². The molecule has 0 bridgehead atoms. The zero-order valence-corrected chi connectivity index (χ0v) is 15.4. The Balaban J connectivity index is 1.70. The fraction of sp³-hybridized carbons (Fsp3) is 0.368. The van der Waals surface area contributed by atoms with Crippen LogP contribution in [0.4, 0.5) is 11.4 Å². The smallest absolute Gasteiger partial charge is 0.253 e. The molecular formula is C19H22BrN3O. The standard InChI is InChI=1S/C19H22BrN3O/c1-13-9-15(20)7-8-18(13)22-17-10-14(11-21-12-17)19(24)23-16-5-3-2-4-6-16/h7-12,16,22H,2-6H2,1H3,(H,23,24). The first-order valence-corrected chi connectivity index (χ1v) is 9.20. The number of halogens is 1. The molecule has 1 aliphatic rings. The van der Waals surface area contributed by atoms with E-state index >= 15 is 0 Å². The van der Waals surface area contributed by atoms with E-state index in [1.54, 1.807) is 12.4 Å². The Morgan fingerprint density at radius 1 is 1.17 bits per heavy atom. The van der Waals surface area contributed by atoms with E-state index in [9.17, 15) is 4.79 Å². The fourth-order valence-corrected chi connectivity index (χ4v) is 3.55. The number of hydrogen-bond donors (Lipinski definition) is 2. The number of nitrogens with zero attached hydrogens (tertiary/aromatic N) is 1. The number of aryl methyl sites for hydroxylation is 1. The number of amides is 1. The Morgan fingerprint density at radius 3 is 2.71 bits per heavy atom. The summed E-state index contributed by atoms with van der Waals surface area (Å²) >= 11 is 3.47. The molecule has 24 heavy (non-hydrogen) atoms. The molecule has 0 unspecified atom stereocenters. The third kappa shape index (κ3) is 4.35. The van der Waals surface area contributed by atoms with Crippen LogP contribution in [-0.2, 0) is 0 Å². The number of aromatic nitrogens is 1. The maximum atomic E-state index is 12.4. The van der Waals surface area contributed by atoms with Gasteiger partial charge in [-0.1, -0.05) is 35.2 Å². The largest absolute Gasteiger partial charge is 0.354 e. The van der Waals surface area contributed by atoms with Crippen LogP contribution in [0.2, 0.25) is 0 Å². The summed E-state index contributed by atoms with van der Waals surface area (Å²) in [5, 5.41) is 6.47. The average Bonchev–Trinajstić information content (AvgIpc) is 2.59. The highest BCUT2D eigenvalue weighted by molar-refractivity contribution is 9.10. The van der Waals surface area contributed by atoms with Crippen molar-refractivity contribution < 1.29 is 4.79 Å². The lowest BCUT2D eigenvalue weighted by atomic mass is 9.95. The number of nitrogens with one attached hydrogen (secondary N) is 2. The molecule has 4 nitrogen and oxygen atoms in total. The molecule has 0 radical (unpaired) electrons. The molecule has 2 aromatic rings. The Bertz CT molecular complexity index is 726. The number of carbonyl (C=O) groups excluding carboxylic acids is 1. The van der Waals surface area contributed by atoms with Gasteiger partial charge in [-0.15, -0.1) is 0 Å². The summed E-state index contributed by atoms with van der Waals surface area (Å²) in [5.74, 6) is -0.0365. The van der Waals surface area contributed by atoms with E-state index in [2.05, 4.69) is 37.6 Å². The zero-order valence-electron chi connectivity index (χ0n) is 13.8. The summed E-state index contributed by atoms with van der Waals surface area (Å²) in [6.45, 7) is 2.04. The van der Waals surface area contributed by atoms with Gasteiger partial charge in [-0.25, -0.2) is 0 Å². The average molecular weight is 388 g/mol. The lowest BCUT2D eigenvalue weighted by Crippen LogP contribution is -2.36. The van der Waals surface area contributed by atoms with E-state index < -0.39 is 0 Å². The van der Waals surface area contributed by atoms with Crippen LogP contribution in [0.1, 0.15) is 48.0 Å². The maximum absolute atomic E-state index is 12.4. The van der Waals surface area contributed by atoms with Crippen LogP contribution in [-0.4, -0.2) is 16.9 Å². The van der Waals surface area contributed by atoms with Gasteiger partial charge in [0.15, 0.2) is 0 Å². The monoisotopic (exact) mass is 387 g/mol. The number of pyridine rings is 1. The third-order valence-electron chi connectivity index (χ3n) is 4.41. The molecule has 3 rings (SSSR count). The van der Waals surface area contributed by atoms with Crippen molar-refractivity contribution in [3.8, 4) is 0 Å². The summed E-state index contributed by atoms with van der Waals surface area (Å²) in [4.78, 5) is 16.7. The van der Waals surface area contributed by atoms with E-state index in [4.69, 9.17) is 0 Å². The minimum Gasteiger partial charge on any atom is -0.354 e. The van der Waals surface area contributed by atoms with Gasteiger partial charge in [-0.3, -0.25) is 9.78 Å². The molecular weight excluding hydrogens is 366 g/mol. The third-order valence-corrected chi connectivity index (χ3v) is 4.90. The van der Waals surface area contributed by atoms with Crippen LogP contribution in [0.5, 0.6) is 0 Å². The first-order valence-electron chi connectivity index (χ1n) is 8.41. The van der Waals surface area contributed by atoms with Crippen molar-refractivity contribution >= 4 is 33.2 Å². The predicted octanol–water partition coefficient (Wildman–Crippen LogP) is 4.96. The van der Waals surface area contributed by atoms with Crippen LogP contribution >= 0.6 is 15.9 Å². The molecule has 1 fully saturated rings. The van der Waals surface area contributed by atoms with Crippen LogP contribution < -0.4 is 10.6 Å². The first kappa shape index (κ1) is 17.0. The van der Waals surface area contributed by atoms with Crippen molar-refractivity contribution in [2.45, 2.75) is 45.1 Å². The summed E-state index contributed by atoms with van der Waals surface area (Å²) in [7, 11) is 0. The van der Waals surface area contributed by atoms with Crippen LogP contribution in [0.3, 0.4) is 0 Å². The molecule has 1 heterocycles. The van der Waals surface area contributed by atoms with Crippen molar-refractivity contribution in [2.75, 3.05) is 5.32 Å². The van der Waals surface area contributed by atoms with Gasteiger partial charge in [0.2, 0.25) is 0 Å². The van der Waals surface area contributed by atoms with Crippen molar-refractivity contribution in [3.05, 3.63) is 52.3 Å². The van der Waals surface area contributed by atoms with E-state index in [-0.39, 0.29) is 5.91 Å². The molecule has 1 amide bonds. The van der Waals surface area contributed by atoms with E-state index in [0.717, 1.165) is 34.3 Å². The Morgan fingerprint density at radius 2 is 1.96 bits per heavy atom. The van der Waals surface area contributed by atoms with Gasteiger partial charge in [0.1, 0.15) is 0 Å². The lowest BCUT2D eigenvalue weighted by molar-refractivity contribution is 0.0927. The number of rotatable bonds is 4.